The van der Waals surface area contributed by atoms with Crippen molar-refractivity contribution in [2.45, 2.75) is 26.8 Å². The molecule has 2 N–H and O–H groups in total. The van der Waals surface area contributed by atoms with E-state index in [-0.39, 0.29) is 6.04 Å². The van der Waals surface area contributed by atoms with Crippen LogP contribution in [0.15, 0.2) is 41.8 Å². The van der Waals surface area contributed by atoms with Crippen molar-refractivity contribution in [3.05, 3.63) is 53.0 Å². The molecule has 16 heavy (non-hydrogen) atoms. The van der Waals surface area contributed by atoms with Crippen LogP contribution in [-0.4, -0.2) is 0 Å². The van der Waals surface area contributed by atoms with Gasteiger partial charge in [-0.25, -0.2) is 0 Å². The maximum atomic E-state index is 5.88. The lowest BCUT2D eigenvalue weighted by Gasteiger charge is -2.10. The lowest BCUT2D eigenvalue weighted by Crippen LogP contribution is -2.04. The Labute approximate surface area is 102 Å². The van der Waals surface area contributed by atoms with E-state index in [0.717, 1.165) is 4.91 Å². The lowest BCUT2D eigenvalue weighted by molar-refractivity contribution is 0.818. The van der Waals surface area contributed by atoms with Gasteiger partial charge in [-0.05, 0) is 42.9 Å². The highest BCUT2D eigenvalue weighted by atomic mass is 32.2. The number of hydrogen-bond acceptors (Lipinski definition) is 2. The van der Waals surface area contributed by atoms with Gasteiger partial charge in [0.2, 0.25) is 0 Å². The summed E-state index contributed by atoms with van der Waals surface area (Å²) in [6.45, 7) is 9.99. The topological polar surface area (TPSA) is 26.0 Å². The maximum absolute atomic E-state index is 5.88. The number of hydrogen-bond donors (Lipinski definition) is 1. The molecular weight excluding hydrogens is 214 g/mol. The van der Waals surface area contributed by atoms with E-state index in [1.54, 1.807) is 11.8 Å². The molecule has 1 atom stereocenters. The molecule has 0 aliphatic rings. The van der Waals surface area contributed by atoms with Crippen molar-refractivity contribution < 1.29 is 0 Å². The Morgan fingerprint density at radius 1 is 1.50 bits per heavy atom. The normalized spacial score (nSPS) is 13.6. The van der Waals surface area contributed by atoms with Crippen molar-refractivity contribution in [3.8, 4) is 0 Å². The predicted octanol–water partition coefficient (Wildman–Crippen LogP) is 4.33. The molecule has 0 spiro atoms. The summed E-state index contributed by atoms with van der Waals surface area (Å²) in [5.41, 5.74) is 8.26. The van der Waals surface area contributed by atoms with Gasteiger partial charge in [0.05, 0.1) is 0 Å². The second kappa shape index (κ2) is 5.92. The fourth-order valence-electron chi connectivity index (χ4n) is 1.45. The molecule has 2 heteroatoms. The summed E-state index contributed by atoms with van der Waals surface area (Å²) in [6.07, 6.45) is 2.11. The van der Waals surface area contributed by atoms with E-state index in [1.165, 1.54) is 16.0 Å². The first-order chi connectivity index (χ1) is 7.54. The monoisotopic (exact) mass is 233 g/mol. The average Bonchev–Trinajstić information content (AvgIpc) is 2.25. The minimum Gasteiger partial charge on any atom is -0.324 e. The van der Waals surface area contributed by atoms with E-state index >= 15 is 0 Å². The molecule has 0 aliphatic heterocycles. The molecular formula is C14H19NS. The van der Waals surface area contributed by atoms with Crippen molar-refractivity contribution in [3.63, 3.8) is 0 Å². The summed E-state index contributed by atoms with van der Waals surface area (Å²) >= 11 is 1.70. The molecule has 1 aromatic rings. The second-order valence-electron chi connectivity index (χ2n) is 3.87. The highest BCUT2D eigenvalue weighted by Crippen LogP contribution is 2.33. The average molecular weight is 233 g/mol. The molecule has 0 saturated carbocycles. The van der Waals surface area contributed by atoms with Gasteiger partial charge >= 0.3 is 0 Å². The number of nitrogens with two attached hydrogens (primary N) is 1. The van der Waals surface area contributed by atoms with Crippen LogP contribution < -0.4 is 5.73 Å². The summed E-state index contributed by atoms with van der Waals surface area (Å²) in [7, 11) is 0. The molecule has 0 bridgehead atoms. The molecule has 0 amide bonds. The van der Waals surface area contributed by atoms with Crippen LogP contribution >= 0.6 is 11.8 Å². The van der Waals surface area contributed by atoms with Gasteiger partial charge in [0.25, 0.3) is 0 Å². The lowest BCUT2D eigenvalue weighted by atomic mass is 10.1. The fourth-order valence-corrected chi connectivity index (χ4v) is 2.19. The van der Waals surface area contributed by atoms with E-state index in [0.29, 0.717) is 0 Å². The standard InChI is InChI=1S/C14H19NS/c1-5-14(16-10(2)3)13-8-6-7-12(9-13)11(4)15/h5-9,11H,2,15H2,1,3-4H3/b14-5-/t11-/m1/s1. The largest absolute Gasteiger partial charge is 0.324 e. The molecule has 1 rings (SSSR count). The van der Waals surface area contributed by atoms with Gasteiger partial charge in [0.15, 0.2) is 0 Å². The summed E-state index contributed by atoms with van der Waals surface area (Å²) in [4.78, 5) is 2.33. The van der Waals surface area contributed by atoms with Gasteiger partial charge in [-0.2, -0.15) is 0 Å². The van der Waals surface area contributed by atoms with Gasteiger partial charge in [0, 0.05) is 10.9 Å². The van der Waals surface area contributed by atoms with E-state index in [2.05, 4.69) is 36.9 Å². The van der Waals surface area contributed by atoms with Crippen LogP contribution in [0.5, 0.6) is 0 Å². The van der Waals surface area contributed by atoms with E-state index < -0.39 is 0 Å². The Bertz CT molecular complexity index is 405. The summed E-state index contributed by atoms with van der Waals surface area (Å²) in [5.74, 6) is 0. The molecule has 0 unspecified atom stereocenters. The van der Waals surface area contributed by atoms with Crippen LogP contribution in [0.3, 0.4) is 0 Å². The highest BCUT2D eigenvalue weighted by molar-refractivity contribution is 8.11. The first-order valence-corrected chi connectivity index (χ1v) is 6.22. The van der Waals surface area contributed by atoms with Crippen LogP contribution in [0.2, 0.25) is 0 Å². The van der Waals surface area contributed by atoms with Gasteiger partial charge in [0.1, 0.15) is 0 Å². The number of allylic oxidation sites excluding steroid dienone is 2. The molecule has 0 heterocycles. The van der Waals surface area contributed by atoms with Crippen molar-refractivity contribution in [1.29, 1.82) is 0 Å². The van der Waals surface area contributed by atoms with Crippen molar-refractivity contribution in [2.75, 3.05) is 0 Å². The minimum atomic E-state index is 0.0767. The minimum absolute atomic E-state index is 0.0767. The Balaban J connectivity index is 3.02. The zero-order valence-electron chi connectivity index (χ0n) is 10.2. The molecule has 86 valence electrons. The van der Waals surface area contributed by atoms with Crippen molar-refractivity contribution >= 4 is 16.7 Å². The first kappa shape index (κ1) is 13.1. The smallest absolute Gasteiger partial charge is 0.0266 e. The fraction of sp³-hybridized carbons (Fsp3) is 0.286. The highest BCUT2D eigenvalue weighted by Gasteiger charge is 2.05. The Kier molecular flexibility index (Phi) is 4.84. The summed E-state index contributed by atoms with van der Waals surface area (Å²) in [5, 5.41) is 0. The van der Waals surface area contributed by atoms with Crippen molar-refractivity contribution in [1.82, 2.24) is 0 Å². The van der Waals surface area contributed by atoms with Crippen LogP contribution in [0.25, 0.3) is 4.91 Å². The van der Waals surface area contributed by atoms with Gasteiger partial charge in [-0.15, -0.1) is 0 Å². The molecule has 0 aromatic heterocycles. The maximum Gasteiger partial charge on any atom is 0.0266 e. The molecule has 0 saturated heterocycles. The molecule has 1 aromatic carbocycles. The SMILES string of the molecule is C=C(C)S/C(=C\C)c1cccc([C@@H](C)N)c1. The van der Waals surface area contributed by atoms with Gasteiger partial charge < -0.3 is 5.73 Å². The van der Waals surface area contributed by atoms with E-state index in [9.17, 15) is 0 Å². The molecule has 0 aliphatic carbocycles. The van der Waals surface area contributed by atoms with E-state index in [4.69, 9.17) is 5.73 Å². The van der Waals surface area contributed by atoms with E-state index in [1.807, 2.05) is 20.8 Å². The quantitative estimate of drug-likeness (QED) is 0.837. The third-order valence-electron chi connectivity index (χ3n) is 2.24. The summed E-state index contributed by atoms with van der Waals surface area (Å²) < 4.78 is 0. The third-order valence-corrected chi connectivity index (χ3v) is 3.28. The van der Waals surface area contributed by atoms with Crippen LogP contribution in [0.1, 0.15) is 37.9 Å². The van der Waals surface area contributed by atoms with Crippen LogP contribution in [0, 0.1) is 0 Å². The Hall–Kier alpha value is -0.990. The summed E-state index contributed by atoms with van der Waals surface area (Å²) in [6, 6.07) is 8.45. The molecule has 1 nitrogen and oxygen atoms in total. The van der Waals surface area contributed by atoms with Gasteiger partial charge in [-0.1, -0.05) is 42.6 Å². The third kappa shape index (κ3) is 3.54. The van der Waals surface area contributed by atoms with Gasteiger partial charge in [-0.3, -0.25) is 0 Å². The predicted molar refractivity (Wildman–Crippen MR) is 75.1 cm³/mol. The zero-order chi connectivity index (χ0) is 12.1. The van der Waals surface area contributed by atoms with Crippen LogP contribution in [0.4, 0.5) is 0 Å². The van der Waals surface area contributed by atoms with Crippen molar-refractivity contribution in [2.24, 2.45) is 5.73 Å². The Morgan fingerprint density at radius 2 is 2.19 bits per heavy atom. The number of rotatable bonds is 4. The number of thioether (sulfide) groups is 1. The van der Waals surface area contributed by atoms with Crippen LogP contribution in [-0.2, 0) is 0 Å². The second-order valence-corrected chi connectivity index (χ2v) is 5.21. The first-order valence-electron chi connectivity index (χ1n) is 5.40. The number of benzene rings is 1. The molecule has 0 radical (unpaired) electrons. The molecule has 0 fully saturated rings. The zero-order valence-corrected chi connectivity index (χ0v) is 11.0. The Morgan fingerprint density at radius 3 is 2.69 bits per heavy atom.